The molecule has 24 heavy (non-hydrogen) atoms. The molecule has 2 unspecified atom stereocenters. The largest absolute Gasteiger partial charge is 0.480 e. The molecule has 0 radical (unpaired) electrons. The van der Waals surface area contributed by atoms with Gasteiger partial charge in [0, 0.05) is 12.7 Å². The number of aliphatic carboxylic acids is 1. The molecule has 3 atom stereocenters. The van der Waals surface area contributed by atoms with Gasteiger partial charge in [-0.25, -0.2) is 8.78 Å². The Balaban J connectivity index is 3.02. The molecule has 0 spiro atoms. The summed E-state index contributed by atoms with van der Waals surface area (Å²) in [5, 5.41) is 11.0. The summed E-state index contributed by atoms with van der Waals surface area (Å²) in [7, 11) is 0. The minimum atomic E-state index is -1.19. The first-order chi connectivity index (χ1) is 11.1. The van der Waals surface area contributed by atoms with Crippen molar-refractivity contribution in [3.8, 4) is 0 Å². The molecular weight excluding hydrogens is 340 g/mol. The fourth-order valence-corrected chi connectivity index (χ4v) is 2.92. The van der Waals surface area contributed by atoms with Gasteiger partial charge in [-0.2, -0.15) is 0 Å². The third-order valence-corrected chi connectivity index (χ3v) is 4.54. The van der Waals surface area contributed by atoms with Crippen LogP contribution in [0.25, 0.3) is 0 Å². The van der Waals surface area contributed by atoms with Gasteiger partial charge in [-0.3, -0.25) is 14.4 Å². The average molecular weight is 359 g/mol. The van der Waals surface area contributed by atoms with Crippen LogP contribution in [0, 0.1) is 17.6 Å². The second-order valence-electron chi connectivity index (χ2n) is 5.44. The van der Waals surface area contributed by atoms with Crippen LogP contribution >= 0.6 is 11.8 Å². The number of halogens is 2. The van der Waals surface area contributed by atoms with Crippen molar-refractivity contribution in [2.24, 2.45) is 5.92 Å². The van der Waals surface area contributed by atoms with Crippen LogP contribution in [0.1, 0.15) is 32.3 Å². The Labute approximate surface area is 142 Å². The minimum absolute atomic E-state index is 0.105. The lowest BCUT2D eigenvalue weighted by Crippen LogP contribution is -2.43. The summed E-state index contributed by atoms with van der Waals surface area (Å²) in [5.74, 6) is -4.98. The second kappa shape index (κ2) is 8.77. The highest BCUT2D eigenvalue weighted by Gasteiger charge is 2.29. The van der Waals surface area contributed by atoms with Crippen LogP contribution in [0.15, 0.2) is 18.2 Å². The van der Waals surface area contributed by atoms with Crippen LogP contribution in [-0.4, -0.2) is 33.9 Å². The van der Waals surface area contributed by atoms with Gasteiger partial charge in [0.25, 0.3) is 0 Å². The maximum absolute atomic E-state index is 13.4. The third-order valence-electron chi connectivity index (χ3n) is 3.61. The van der Waals surface area contributed by atoms with Crippen LogP contribution in [0.4, 0.5) is 8.78 Å². The first kappa shape index (κ1) is 20.1. The molecule has 0 aliphatic rings. The summed E-state index contributed by atoms with van der Waals surface area (Å²) >= 11 is 0.919. The lowest BCUT2D eigenvalue weighted by atomic mass is 9.88. The number of carboxylic acids is 1. The molecule has 0 aliphatic carbocycles. The van der Waals surface area contributed by atoms with Gasteiger partial charge in [0.15, 0.2) is 16.7 Å². The van der Waals surface area contributed by atoms with Crippen molar-refractivity contribution in [1.82, 2.24) is 5.32 Å². The van der Waals surface area contributed by atoms with Crippen molar-refractivity contribution >= 4 is 28.8 Å². The normalized spacial score (nSPS) is 14.5. The molecule has 0 aromatic heterocycles. The predicted octanol–water partition coefficient (Wildman–Crippen LogP) is 2.55. The first-order valence-corrected chi connectivity index (χ1v) is 8.23. The highest BCUT2D eigenvalue weighted by atomic mass is 32.2. The molecule has 8 heteroatoms. The van der Waals surface area contributed by atoms with Gasteiger partial charge >= 0.3 is 5.97 Å². The zero-order chi connectivity index (χ0) is 18.4. The maximum atomic E-state index is 13.4. The van der Waals surface area contributed by atoms with E-state index in [1.165, 1.54) is 19.9 Å². The molecule has 2 N–H and O–H groups in total. The van der Waals surface area contributed by atoms with Crippen LogP contribution in [-0.2, 0) is 14.4 Å². The van der Waals surface area contributed by atoms with Gasteiger partial charge < -0.3 is 10.4 Å². The van der Waals surface area contributed by atoms with Gasteiger partial charge in [0.2, 0.25) is 5.91 Å². The number of carbonyl (C=O) groups excluding carboxylic acids is 2. The number of hydrogen-bond donors (Lipinski definition) is 2. The molecule has 132 valence electrons. The quantitative estimate of drug-likeness (QED) is 0.782. The van der Waals surface area contributed by atoms with E-state index in [4.69, 9.17) is 5.11 Å². The van der Waals surface area contributed by atoms with Crippen molar-refractivity contribution in [2.45, 2.75) is 32.7 Å². The smallest absolute Gasteiger partial charge is 0.325 e. The number of carbonyl (C=O) groups is 3. The molecule has 5 nitrogen and oxygen atoms in total. The molecule has 1 aromatic carbocycles. The average Bonchev–Trinajstić information content (AvgIpc) is 2.49. The van der Waals surface area contributed by atoms with Crippen LogP contribution in [0.2, 0.25) is 0 Å². The van der Waals surface area contributed by atoms with E-state index in [9.17, 15) is 23.2 Å². The fourth-order valence-electron chi connectivity index (χ4n) is 2.06. The van der Waals surface area contributed by atoms with Crippen molar-refractivity contribution in [1.29, 1.82) is 0 Å². The second-order valence-corrected chi connectivity index (χ2v) is 6.64. The molecule has 1 aromatic rings. The number of amides is 1. The first-order valence-electron chi connectivity index (χ1n) is 7.25. The van der Waals surface area contributed by atoms with Gasteiger partial charge in [-0.15, -0.1) is 0 Å². The summed E-state index contributed by atoms with van der Waals surface area (Å²) in [5.41, 5.74) is 0.390. The summed E-state index contributed by atoms with van der Waals surface area (Å²) < 4.78 is 26.5. The molecule has 0 heterocycles. The van der Waals surface area contributed by atoms with E-state index in [-0.39, 0.29) is 10.9 Å². The third kappa shape index (κ3) is 5.59. The number of benzene rings is 1. The van der Waals surface area contributed by atoms with Crippen LogP contribution in [0.3, 0.4) is 0 Å². The van der Waals surface area contributed by atoms with Gasteiger partial charge in [0.05, 0.1) is 5.92 Å². The summed E-state index contributed by atoms with van der Waals surface area (Å²) in [4.78, 5) is 34.4. The molecule has 0 saturated heterocycles. The molecular formula is C16H19F2NO4S. The van der Waals surface area contributed by atoms with E-state index in [1.807, 2.05) is 0 Å². The Bertz CT molecular complexity index is 639. The Hall–Kier alpha value is -1.96. The monoisotopic (exact) mass is 359 g/mol. The van der Waals surface area contributed by atoms with E-state index in [0.29, 0.717) is 5.56 Å². The lowest BCUT2D eigenvalue weighted by Gasteiger charge is -2.24. The highest BCUT2D eigenvalue weighted by molar-refractivity contribution is 8.13. The molecule has 0 fully saturated rings. The van der Waals surface area contributed by atoms with E-state index in [0.717, 1.165) is 23.9 Å². The van der Waals surface area contributed by atoms with E-state index in [2.05, 4.69) is 5.32 Å². The molecule has 0 saturated carbocycles. The summed E-state index contributed by atoms with van der Waals surface area (Å²) in [6, 6.07) is 2.23. The van der Waals surface area contributed by atoms with Gasteiger partial charge in [-0.1, -0.05) is 24.8 Å². The molecule has 1 rings (SSSR count). The zero-order valence-electron chi connectivity index (χ0n) is 13.5. The summed E-state index contributed by atoms with van der Waals surface area (Å²) in [6.45, 7) is 4.31. The molecule has 0 aliphatic heterocycles. The van der Waals surface area contributed by atoms with Crippen molar-refractivity contribution in [3.63, 3.8) is 0 Å². The fraction of sp³-hybridized carbons (Fsp3) is 0.438. The van der Waals surface area contributed by atoms with Gasteiger partial charge in [0.1, 0.15) is 6.04 Å². The Morgan fingerprint density at radius 3 is 2.33 bits per heavy atom. The standard InChI is InChI=1S/C16H19F2NO4S/c1-8(11-4-5-13(17)14(18)6-11)12(7-24-10(3)20)15(21)19-9(2)16(22)23/h4-6,8-9,12H,7H2,1-3H3,(H,19,21)(H,22,23)/t8?,9-,12?/m0/s1. The predicted molar refractivity (Wildman–Crippen MR) is 86.6 cm³/mol. The molecule has 1 amide bonds. The number of thioether (sulfide) groups is 1. The van der Waals surface area contributed by atoms with Crippen molar-refractivity contribution in [2.75, 3.05) is 5.75 Å². The Kier molecular flexibility index (Phi) is 7.34. The van der Waals surface area contributed by atoms with E-state index < -0.39 is 41.4 Å². The molecule has 0 bridgehead atoms. The van der Waals surface area contributed by atoms with Gasteiger partial charge in [-0.05, 0) is 30.5 Å². The topological polar surface area (TPSA) is 83.5 Å². The number of carboxylic acid groups (broad SMARTS) is 1. The van der Waals surface area contributed by atoms with E-state index >= 15 is 0 Å². The Morgan fingerprint density at radius 2 is 1.83 bits per heavy atom. The lowest BCUT2D eigenvalue weighted by molar-refractivity contribution is -0.141. The van der Waals surface area contributed by atoms with Crippen molar-refractivity contribution in [3.05, 3.63) is 35.4 Å². The Morgan fingerprint density at radius 1 is 1.21 bits per heavy atom. The minimum Gasteiger partial charge on any atom is -0.480 e. The van der Waals surface area contributed by atoms with Crippen molar-refractivity contribution < 1.29 is 28.3 Å². The van der Waals surface area contributed by atoms with E-state index in [1.54, 1.807) is 6.92 Å². The number of nitrogens with one attached hydrogen (secondary N) is 1. The SMILES string of the molecule is CC(=O)SCC(C(=O)N[C@@H](C)C(=O)O)C(C)c1ccc(F)c(F)c1. The van der Waals surface area contributed by atoms with Crippen LogP contribution < -0.4 is 5.32 Å². The summed E-state index contributed by atoms with van der Waals surface area (Å²) in [6.07, 6.45) is 0. The number of hydrogen-bond acceptors (Lipinski definition) is 4. The van der Waals surface area contributed by atoms with Crippen LogP contribution in [0.5, 0.6) is 0 Å². The highest BCUT2D eigenvalue weighted by Crippen LogP contribution is 2.29. The maximum Gasteiger partial charge on any atom is 0.325 e. The number of rotatable bonds is 7. The zero-order valence-corrected chi connectivity index (χ0v) is 14.3.